The van der Waals surface area contributed by atoms with Crippen molar-refractivity contribution < 1.29 is 4.68 Å². The first kappa shape index (κ1) is 17.6. The lowest BCUT2D eigenvalue weighted by Crippen LogP contribution is -2.33. The molecule has 2 aliphatic rings. The van der Waals surface area contributed by atoms with E-state index in [1.807, 2.05) is 54.9 Å². The number of benzene rings is 1. The van der Waals surface area contributed by atoms with E-state index in [-0.39, 0.29) is 0 Å². The third-order valence-corrected chi connectivity index (χ3v) is 5.20. The van der Waals surface area contributed by atoms with Crippen molar-refractivity contribution in [2.45, 2.75) is 12.8 Å². The number of nitrogens with zero attached hydrogens (tertiary/aromatic N) is 6. The van der Waals surface area contributed by atoms with E-state index in [0.717, 1.165) is 53.8 Å². The topological polar surface area (TPSA) is 71.0 Å². The van der Waals surface area contributed by atoms with Crippen molar-refractivity contribution in [1.29, 1.82) is 0 Å². The van der Waals surface area contributed by atoms with E-state index in [4.69, 9.17) is 0 Å². The van der Waals surface area contributed by atoms with E-state index in [9.17, 15) is 0 Å². The summed E-state index contributed by atoms with van der Waals surface area (Å²) in [4.78, 5) is 9.20. The Kier molecular flexibility index (Phi) is 4.57. The molecule has 0 unspecified atom stereocenters. The minimum Gasteiger partial charge on any atom is -0.308 e. The van der Waals surface area contributed by atoms with Gasteiger partial charge in [0.1, 0.15) is 6.21 Å². The van der Waals surface area contributed by atoms with Gasteiger partial charge in [-0.05, 0) is 29.7 Å². The maximum atomic E-state index is 4.60. The molecular weight excluding hydrogens is 362 g/mol. The Morgan fingerprint density at radius 1 is 1.03 bits per heavy atom. The molecule has 7 heteroatoms. The maximum Gasteiger partial charge on any atom is 0.212 e. The van der Waals surface area contributed by atoms with Crippen LogP contribution < -0.4 is 5.32 Å². The number of nitrogens with one attached hydrogen (secondary N) is 1. The van der Waals surface area contributed by atoms with E-state index in [1.54, 1.807) is 4.68 Å². The zero-order valence-electron chi connectivity index (χ0n) is 16.3. The van der Waals surface area contributed by atoms with Crippen LogP contribution in [-0.2, 0) is 7.05 Å². The number of piperidine rings is 1. The molecule has 7 nitrogen and oxygen atoms in total. The summed E-state index contributed by atoms with van der Waals surface area (Å²) in [5.41, 5.74) is 6.45. The number of allylic oxidation sites excluding steroid dienone is 1. The second-order valence-electron chi connectivity index (χ2n) is 7.30. The van der Waals surface area contributed by atoms with Gasteiger partial charge in [-0.15, -0.1) is 0 Å². The van der Waals surface area contributed by atoms with Gasteiger partial charge in [0.2, 0.25) is 11.9 Å². The van der Waals surface area contributed by atoms with Crippen molar-refractivity contribution in [3.63, 3.8) is 0 Å². The van der Waals surface area contributed by atoms with E-state index >= 15 is 0 Å². The van der Waals surface area contributed by atoms with E-state index < -0.39 is 0 Å². The third kappa shape index (κ3) is 3.64. The molecule has 0 amide bonds. The zero-order chi connectivity index (χ0) is 19.6. The molecule has 0 saturated carbocycles. The van der Waals surface area contributed by atoms with Gasteiger partial charge in [-0.1, -0.05) is 22.9 Å². The lowest BCUT2D eigenvalue weighted by molar-refractivity contribution is -0.459. The average Bonchev–Trinajstić information content (AvgIpc) is 3.44. The highest BCUT2D eigenvalue weighted by atomic mass is 15.4. The highest BCUT2D eigenvalue weighted by Gasteiger charge is 2.21. The van der Waals surface area contributed by atoms with Crippen LogP contribution in [0, 0.1) is 0 Å². The van der Waals surface area contributed by atoms with Gasteiger partial charge < -0.3 is 5.32 Å². The molecule has 0 aliphatic carbocycles. The van der Waals surface area contributed by atoms with Gasteiger partial charge in [0.25, 0.3) is 0 Å². The van der Waals surface area contributed by atoms with Crippen LogP contribution in [0.3, 0.4) is 0 Å². The van der Waals surface area contributed by atoms with Crippen LogP contribution in [-0.4, -0.2) is 49.4 Å². The van der Waals surface area contributed by atoms with Gasteiger partial charge in [0, 0.05) is 48.7 Å². The normalized spacial score (nSPS) is 18.9. The minimum absolute atomic E-state index is 0.706. The lowest BCUT2D eigenvalue weighted by atomic mass is 10.1. The number of rotatable bonds is 3. The van der Waals surface area contributed by atoms with Crippen LogP contribution in [0.1, 0.15) is 18.4 Å². The lowest BCUT2D eigenvalue weighted by Gasteiger charge is -2.09. The second-order valence-corrected chi connectivity index (χ2v) is 7.30. The van der Waals surface area contributed by atoms with E-state index in [1.165, 1.54) is 5.71 Å². The Balaban J connectivity index is 1.39. The number of hydrogen-bond acceptors (Lipinski definition) is 5. The molecule has 4 heterocycles. The SMILES string of the molecule is Cn1cc(-c2cccc(-c3ncc(C4=C[N+](=C5CCCNC5)N=C4)cn3)c2)cn1. The van der Waals surface area contributed by atoms with Crippen LogP contribution in [0.2, 0.25) is 0 Å². The third-order valence-electron chi connectivity index (χ3n) is 5.20. The van der Waals surface area contributed by atoms with Crippen molar-refractivity contribution in [1.82, 2.24) is 25.1 Å². The molecular formula is C22H22N7+. The van der Waals surface area contributed by atoms with Crippen LogP contribution >= 0.6 is 0 Å². The summed E-state index contributed by atoms with van der Waals surface area (Å²) in [6, 6.07) is 8.21. The molecule has 0 radical (unpaired) electrons. The van der Waals surface area contributed by atoms with Gasteiger partial charge in [-0.25, -0.2) is 9.97 Å². The van der Waals surface area contributed by atoms with Crippen molar-refractivity contribution in [2.24, 2.45) is 12.1 Å². The minimum atomic E-state index is 0.706. The fourth-order valence-electron chi connectivity index (χ4n) is 3.61. The molecule has 2 aromatic heterocycles. The zero-order valence-corrected chi connectivity index (χ0v) is 16.3. The first-order valence-corrected chi connectivity index (χ1v) is 9.78. The number of hydrogen-bond donors (Lipinski definition) is 1. The van der Waals surface area contributed by atoms with Crippen molar-refractivity contribution in [3.05, 3.63) is 60.8 Å². The van der Waals surface area contributed by atoms with Crippen molar-refractivity contribution in [3.8, 4) is 22.5 Å². The molecule has 1 aromatic carbocycles. The summed E-state index contributed by atoms with van der Waals surface area (Å²) in [6.45, 7) is 1.97. The summed E-state index contributed by atoms with van der Waals surface area (Å²) in [7, 11) is 1.92. The van der Waals surface area contributed by atoms with Gasteiger partial charge in [-0.3, -0.25) is 4.68 Å². The maximum absolute atomic E-state index is 4.60. The average molecular weight is 384 g/mol. The second kappa shape index (κ2) is 7.52. The molecule has 144 valence electrons. The summed E-state index contributed by atoms with van der Waals surface area (Å²) in [6.07, 6.45) is 13.8. The molecule has 5 rings (SSSR count). The summed E-state index contributed by atoms with van der Waals surface area (Å²) in [5, 5.41) is 12.2. The monoisotopic (exact) mass is 384 g/mol. The summed E-state index contributed by atoms with van der Waals surface area (Å²) < 4.78 is 3.78. The van der Waals surface area contributed by atoms with Crippen LogP contribution in [0.25, 0.3) is 28.1 Å². The smallest absolute Gasteiger partial charge is 0.212 e. The van der Waals surface area contributed by atoms with Gasteiger partial charge in [0.15, 0.2) is 5.82 Å². The van der Waals surface area contributed by atoms with E-state index in [2.05, 4.69) is 43.8 Å². The Morgan fingerprint density at radius 3 is 2.66 bits per heavy atom. The largest absolute Gasteiger partial charge is 0.308 e. The number of aromatic nitrogens is 4. The predicted octanol–water partition coefficient (Wildman–Crippen LogP) is 2.72. The Bertz CT molecular complexity index is 1130. The fourth-order valence-corrected chi connectivity index (χ4v) is 3.61. The number of hydrazone groups is 1. The Morgan fingerprint density at radius 2 is 1.90 bits per heavy atom. The fraction of sp³-hybridized carbons (Fsp3) is 0.227. The van der Waals surface area contributed by atoms with Crippen LogP contribution in [0.4, 0.5) is 0 Å². The van der Waals surface area contributed by atoms with Gasteiger partial charge in [0.05, 0.1) is 18.3 Å². The van der Waals surface area contributed by atoms with E-state index in [0.29, 0.717) is 5.82 Å². The first-order chi connectivity index (χ1) is 14.3. The molecule has 2 aliphatic heterocycles. The number of aryl methyl sites for hydroxylation is 1. The molecule has 1 fully saturated rings. The van der Waals surface area contributed by atoms with Crippen LogP contribution in [0.5, 0.6) is 0 Å². The molecule has 0 atom stereocenters. The predicted molar refractivity (Wildman–Crippen MR) is 114 cm³/mol. The summed E-state index contributed by atoms with van der Waals surface area (Å²) in [5.74, 6) is 0.706. The molecule has 1 saturated heterocycles. The standard InChI is InChI=1S/C22H22N7/c1-28-14-19(11-26-28)16-4-2-5-17(8-16)22-24-9-18(10-25-22)20-12-27-29(15-20)21-6-3-7-23-13-21/h2,4-5,8-12,14-15,23H,3,6-7,13H2,1H3/q+1. The van der Waals surface area contributed by atoms with Gasteiger partial charge >= 0.3 is 0 Å². The van der Waals surface area contributed by atoms with Crippen molar-refractivity contribution >= 4 is 17.5 Å². The Hall–Kier alpha value is -3.45. The van der Waals surface area contributed by atoms with Crippen molar-refractivity contribution in [2.75, 3.05) is 13.1 Å². The molecule has 0 bridgehead atoms. The first-order valence-electron chi connectivity index (χ1n) is 9.78. The molecule has 3 aromatic rings. The molecule has 1 N–H and O–H groups in total. The van der Waals surface area contributed by atoms with Crippen LogP contribution in [0.15, 0.2) is 60.4 Å². The quantitative estimate of drug-likeness (QED) is 0.705. The highest BCUT2D eigenvalue weighted by Crippen LogP contribution is 2.24. The molecule has 29 heavy (non-hydrogen) atoms. The highest BCUT2D eigenvalue weighted by molar-refractivity contribution is 6.10. The summed E-state index contributed by atoms with van der Waals surface area (Å²) >= 11 is 0. The molecule has 0 spiro atoms. The van der Waals surface area contributed by atoms with Gasteiger partial charge in [-0.2, -0.15) is 5.10 Å². The Labute approximate surface area is 169 Å².